The number of halogens is 4. The van der Waals surface area contributed by atoms with Gasteiger partial charge in [-0.3, -0.25) is 19.3 Å². The monoisotopic (exact) mass is 701 g/mol. The quantitative estimate of drug-likeness (QED) is 0.165. The Labute approximate surface area is 290 Å². The van der Waals surface area contributed by atoms with E-state index in [4.69, 9.17) is 4.74 Å². The van der Waals surface area contributed by atoms with E-state index in [1.165, 1.54) is 10.7 Å². The van der Waals surface area contributed by atoms with Crippen molar-refractivity contribution in [3.63, 3.8) is 0 Å². The molecule has 0 aliphatic carbocycles. The molecule has 0 radical (unpaired) electrons. The van der Waals surface area contributed by atoms with Gasteiger partial charge in [-0.05, 0) is 97.9 Å². The molecule has 1 aromatic heterocycles. The summed E-state index contributed by atoms with van der Waals surface area (Å²) >= 11 is 0. The Bertz CT molecular complexity index is 1760. The van der Waals surface area contributed by atoms with Gasteiger partial charge < -0.3 is 9.84 Å². The molecule has 8 nitrogen and oxygen atoms in total. The molecule has 272 valence electrons. The van der Waals surface area contributed by atoms with Gasteiger partial charge in [0.1, 0.15) is 11.9 Å². The van der Waals surface area contributed by atoms with Crippen LogP contribution in [0.1, 0.15) is 90.6 Å². The van der Waals surface area contributed by atoms with Gasteiger partial charge in [0.15, 0.2) is 5.78 Å². The van der Waals surface area contributed by atoms with E-state index < -0.39 is 58.8 Å². The van der Waals surface area contributed by atoms with Crippen molar-refractivity contribution in [2.75, 3.05) is 26.7 Å². The highest BCUT2D eigenvalue weighted by molar-refractivity contribution is 5.82. The second kappa shape index (κ2) is 16.0. The fraction of sp³-hybridized carbons (Fsp3) is 0.526. The maximum Gasteiger partial charge on any atom is 0.419 e. The van der Waals surface area contributed by atoms with Crippen LogP contribution < -0.4 is 5.56 Å². The van der Waals surface area contributed by atoms with Crippen molar-refractivity contribution >= 4 is 11.8 Å². The minimum Gasteiger partial charge on any atom is -0.481 e. The minimum absolute atomic E-state index is 0.0367. The number of nitrogens with zero attached hydrogens (tertiary/aromatic N) is 3. The van der Waals surface area contributed by atoms with E-state index in [-0.39, 0.29) is 36.8 Å². The van der Waals surface area contributed by atoms with Gasteiger partial charge in [-0.25, -0.2) is 9.07 Å². The largest absolute Gasteiger partial charge is 0.481 e. The van der Waals surface area contributed by atoms with Crippen molar-refractivity contribution in [1.29, 1.82) is 0 Å². The van der Waals surface area contributed by atoms with Crippen molar-refractivity contribution in [3.05, 3.63) is 85.6 Å². The van der Waals surface area contributed by atoms with Gasteiger partial charge in [0.2, 0.25) is 0 Å². The molecule has 1 fully saturated rings. The van der Waals surface area contributed by atoms with Crippen molar-refractivity contribution in [2.45, 2.75) is 97.9 Å². The van der Waals surface area contributed by atoms with Gasteiger partial charge in [0, 0.05) is 45.1 Å². The molecule has 1 N–H and O–H groups in total. The van der Waals surface area contributed by atoms with Gasteiger partial charge >= 0.3 is 12.1 Å². The molecule has 1 aliphatic heterocycles. The molecule has 2 atom stereocenters. The van der Waals surface area contributed by atoms with Crippen LogP contribution in [0.25, 0.3) is 11.1 Å². The molecule has 50 heavy (non-hydrogen) atoms. The van der Waals surface area contributed by atoms with E-state index in [0.717, 1.165) is 24.7 Å². The fourth-order valence-corrected chi connectivity index (χ4v) is 6.81. The van der Waals surface area contributed by atoms with Gasteiger partial charge in [-0.15, -0.1) is 0 Å². The van der Waals surface area contributed by atoms with E-state index in [1.807, 2.05) is 20.8 Å². The number of likely N-dealkylation sites (tertiary alicyclic amines) is 1. The topological polar surface area (TPSA) is 102 Å². The Morgan fingerprint density at radius 3 is 2.26 bits per heavy atom. The second-order valence-electron chi connectivity index (χ2n) is 14.0. The van der Waals surface area contributed by atoms with Crippen LogP contribution >= 0.6 is 0 Å². The van der Waals surface area contributed by atoms with Gasteiger partial charge in [-0.2, -0.15) is 18.3 Å². The fourth-order valence-electron chi connectivity index (χ4n) is 6.81. The van der Waals surface area contributed by atoms with Crippen molar-refractivity contribution in [1.82, 2.24) is 14.7 Å². The van der Waals surface area contributed by atoms with Crippen LogP contribution in [-0.2, 0) is 26.9 Å². The SMILES string of the molecule is COC1CN(CCc2nn([C@@H](CC(C)C)C(=O)CC[C@@H](CC(=O)O)c3cc(-c4c(C)cccc4C)cc(C(F)(F)F)c3F)c(=O)c(C)c2C)C1. The number of methoxy groups -OCH3 is 1. The molecule has 1 saturated heterocycles. The third-order valence-electron chi connectivity index (χ3n) is 9.81. The summed E-state index contributed by atoms with van der Waals surface area (Å²) in [4.78, 5) is 41.8. The number of aryl methyl sites for hydroxylation is 2. The number of rotatable bonds is 15. The standard InChI is InChI=1S/C38H47F4N3O5/c1-21(2)15-32(45-37(49)25(6)24(5)31(43-45)13-14-44-19-28(20-44)50-7)33(46)12-11-26(18-34(47)48)29-16-27(17-30(36(29)39)38(40,41)42)35-22(3)9-8-10-23(35)4/h8-10,16-17,21,26,28,32H,11-15,18-20H2,1-7H3,(H,47,48)/t26-,32-/m0/s1. The molecule has 0 spiro atoms. The molecule has 12 heteroatoms. The summed E-state index contributed by atoms with van der Waals surface area (Å²) in [5.41, 5.74) is 1.49. The van der Waals surface area contributed by atoms with Crippen LogP contribution in [0.2, 0.25) is 0 Å². The molecule has 3 aromatic rings. The number of aromatic nitrogens is 2. The summed E-state index contributed by atoms with van der Waals surface area (Å²) in [6.45, 7) is 13.0. The number of carbonyl (C=O) groups excluding carboxylic acids is 1. The van der Waals surface area contributed by atoms with E-state index >= 15 is 4.39 Å². The van der Waals surface area contributed by atoms with Crippen LogP contribution in [0.4, 0.5) is 17.6 Å². The molecular formula is C38H47F4N3O5. The van der Waals surface area contributed by atoms with Crippen LogP contribution in [0.3, 0.4) is 0 Å². The van der Waals surface area contributed by atoms with Crippen LogP contribution in [0.5, 0.6) is 0 Å². The summed E-state index contributed by atoms with van der Waals surface area (Å²) < 4.78 is 65.0. The summed E-state index contributed by atoms with van der Waals surface area (Å²) in [6.07, 6.45) is -5.30. The maximum atomic E-state index is 15.8. The molecule has 0 unspecified atom stereocenters. The van der Waals surface area contributed by atoms with Crippen LogP contribution in [-0.4, -0.2) is 64.4 Å². The lowest BCUT2D eigenvalue weighted by Gasteiger charge is -2.38. The van der Waals surface area contributed by atoms with E-state index in [1.54, 1.807) is 46.1 Å². The number of hydrogen-bond acceptors (Lipinski definition) is 6. The number of carbonyl (C=O) groups is 2. The third kappa shape index (κ3) is 8.87. The predicted octanol–water partition coefficient (Wildman–Crippen LogP) is 7.37. The molecular weight excluding hydrogens is 654 g/mol. The first-order chi connectivity index (χ1) is 23.4. The number of benzene rings is 2. The molecule has 0 amide bonds. The number of carboxylic acid groups (broad SMARTS) is 1. The normalized spacial score (nSPS) is 15.3. The summed E-state index contributed by atoms with van der Waals surface area (Å²) in [6, 6.07) is 6.26. The second-order valence-corrected chi connectivity index (χ2v) is 14.0. The number of Topliss-reactive ketones (excluding diaryl/α,β-unsaturated/α-hetero) is 1. The van der Waals surface area contributed by atoms with Crippen LogP contribution in [0, 0.1) is 39.4 Å². The number of aliphatic carboxylic acids is 1. The number of alkyl halides is 3. The molecule has 0 saturated carbocycles. The molecule has 0 bridgehead atoms. The zero-order chi connectivity index (χ0) is 37.1. The minimum atomic E-state index is -5.05. The third-order valence-corrected chi connectivity index (χ3v) is 9.81. The lowest BCUT2D eigenvalue weighted by molar-refractivity contribution is -0.140. The zero-order valence-electron chi connectivity index (χ0n) is 29.8. The summed E-state index contributed by atoms with van der Waals surface area (Å²) in [5.74, 6) is -4.62. The smallest absolute Gasteiger partial charge is 0.419 e. The van der Waals surface area contributed by atoms with Gasteiger partial charge in [-0.1, -0.05) is 32.0 Å². The highest BCUT2D eigenvalue weighted by atomic mass is 19.4. The Hall–Kier alpha value is -3.90. The Balaban J connectivity index is 1.70. The molecule has 4 rings (SSSR count). The van der Waals surface area contributed by atoms with Crippen LogP contribution in [0.15, 0.2) is 35.1 Å². The van der Waals surface area contributed by atoms with Crippen molar-refractivity contribution in [2.24, 2.45) is 5.92 Å². The lowest BCUT2D eigenvalue weighted by Crippen LogP contribution is -2.52. The lowest BCUT2D eigenvalue weighted by atomic mass is 9.84. The first-order valence-electron chi connectivity index (χ1n) is 17.0. The Morgan fingerprint density at radius 2 is 1.70 bits per heavy atom. The number of ketones is 1. The predicted molar refractivity (Wildman–Crippen MR) is 183 cm³/mol. The summed E-state index contributed by atoms with van der Waals surface area (Å²) in [5, 5.41) is 14.5. The number of ether oxygens (including phenoxy) is 1. The Morgan fingerprint density at radius 1 is 1.06 bits per heavy atom. The van der Waals surface area contributed by atoms with Crippen molar-refractivity contribution < 1.29 is 37.0 Å². The van der Waals surface area contributed by atoms with E-state index in [9.17, 15) is 32.7 Å². The first-order valence-corrected chi connectivity index (χ1v) is 17.0. The van der Waals surface area contributed by atoms with E-state index in [2.05, 4.69) is 10.00 Å². The Kier molecular flexibility index (Phi) is 12.4. The van der Waals surface area contributed by atoms with Gasteiger partial charge in [0.05, 0.1) is 23.8 Å². The highest BCUT2D eigenvalue weighted by Gasteiger charge is 2.38. The molecule has 1 aliphatic rings. The average Bonchev–Trinajstić information content (AvgIpc) is 3.00. The highest BCUT2D eigenvalue weighted by Crippen LogP contribution is 2.41. The number of carboxylic acids is 1. The molecule has 2 heterocycles. The maximum absolute atomic E-state index is 15.8. The van der Waals surface area contributed by atoms with E-state index in [0.29, 0.717) is 40.9 Å². The average molecular weight is 702 g/mol. The molecule has 2 aromatic carbocycles. The van der Waals surface area contributed by atoms with Gasteiger partial charge in [0.25, 0.3) is 5.56 Å². The zero-order valence-corrected chi connectivity index (χ0v) is 29.8. The first kappa shape index (κ1) is 38.9. The summed E-state index contributed by atoms with van der Waals surface area (Å²) in [7, 11) is 1.67. The number of hydrogen-bond donors (Lipinski definition) is 1. The van der Waals surface area contributed by atoms with Crippen molar-refractivity contribution in [3.8, 4) is 11.1 Å².